The molecule has 0 aliphatic heterocycles. The van der Waals surface area contributed by atoms with Gasteiger partial charge < -0.3 is 0 Å². The van der Waals surface area contributed by atoms with Crippen molar-refractivity contribution < 1.29 is 19.5 Å². The first-order valence-corrected chi connectivity index (χ1v) is 8.01. The Morgan fingerprint density at radius 2 is 1.12 bits per heavy atom. The quantitative estimate of drug-likeness (QED) is 0.385. The summed E-state index contributed by atoms with van der Waals surface area (Å²) in [4.78, 5) is 0. The van der Waals surface area contributed by atoms with Gasteiger partial charge in [-0.2, -0.15) is 0 Å². The summed E-state index contributed by atoms with van der Waals surface area (Å²) in [5, 5.41) is 0. The van der Waals surface area contributed by atoms with Crippen LogP contribution in [0, 0.1) is 6.42 Å². The van der Waals surface area contributed by atoms with Gasteiger partial charge in [-0.3, -0.25) is 0 Å². The van der Waals surface area contributed by atoms with Crippen LogP contribution in [0.25, 0.3) is 0 Å². The molecule has 0 fully saturated rings. The van der Waals surface area contributed by atoms with Crippen LogP contribution in [0.1, 0.15) is 29.5 Å². The van der Waals surface area contributed by atoms with Gasteiger partial charge in [-0.15, -0.1) is 47.9 Å². The van der Waals surface area contributed by atoms with E-state index in [-0.39, 0.29) is 25.4 Å². The van der Waals surface area contributed by atoms with Gasteiger partial charge in [0.1, 0.15) is 0 Å². The van der Waals surface area contributed by atoms with Gasteiger partial charge in [0.15, 0.2) is 0 Å². The Labute approximate surface area is 158 Å². The molecule has 24 heavy (non-hydrogen) atoms. The maximum atomic E-state index is 2.34. The maximum Gasteiger partial charge on any atom is 0 e. The minimum absolute atomic E-state index is 0. The molecule has 0 radical (unpaired) electrons. The minimum atomic E-state index is 0. The summed E-state index contributed by atoms with van der Waals surface area (Å²) < 4.78 is 0. The summed E-state index contributed by atoms with van der Waals surface area (Å²) in [6.07, 6.45) is 4.58. The molecule has 0 amide bonds. The topological polar surface area (TPSA) is 0 Å². The van der Waals surface area contributed by atoms with E-state index in [1.165, 1.54) is 22.3 Å². The van der Waals surface area contributed by atoms with E-state index in [1.54, 1.807) is 0 Å². The smallest absolute Gasteiger partial charge is 0 e. The van der Waals surface area contributed by atoms with E-state index in [0.29, 0.717) is 0 Å². The second-order valence-corrected chi connectivity index (χ2v) is 5.76. The van der Waals surface area contributed by atoms with Crippen molar-refractivity contribution in [1.82, 2.24) is 0 Å². The molecule has 3 aromatic rings. The molecule has 0 saturated carbocycles. The number of benzene rings is 3. The predicted octanol–water partition coefficient (Wildman–Crippen LogP) is 6.01. The molecule has 0 unspecified atom stereocenters. The third-order valence-corrected chi connectivity index (χ3v) is 3.94. The number of hydrogen-bond donors (Lipinski definition) is 0. The van der Waals surface area contributed by atoms with Crippen LogP contribution in [-0.4, -0.2) is 0 Å². The molecule has 0 spiro atoms. The molecule has 0 heterocycles. The van der Waals surface area contributed by atoms with Gasteiger partial charge in [-0.1, -0.05) is 73.7 Å². The molecule has 0 atom stereocenters. The van der Waals surface area contributed by atoms with Gasteiger partial charge in [0.05, 0.1) is 0 Å². The molecule has 0 saturated heterocycles. The van der Waals surface area contributed by atoms with E-state index < -0.39 is 0 Å². The second kappa shape index (κ2) is 9.25. The Bertz CT molecular complexity index is 706. The Morgan fingerprint density at radius 3 is 1.58 bits per heavy atom. The number of allylic oxidation sites excluding steroid dienone is 2. The van der Waals surface area contributed by atoms with Gasteiger partial charge in [-0.05, 0) is 17.0 Å². The van der Waals surface area contributed by atoms with Gasteiger partial charge in [0.2, 0.25) is 0 Å². The van der Waals surface area contributed by atoms with E-state index in [4.69, 9.17) is 0 Å². The molecule has 116 valence electrons. The summed E-state index contributed by atoms with van der Waals surface area (Å²) in [5.41, 5.74) is 5.15. The molecule has 3 rings (SSSR count). The van der Waals surface area contributed by atoms with Gasteiger partial charge in [0.25, 0.3) is 0 Å². The first kappa shape index (κ1) is 18.2. The SMILES string of the molecule is C/C(=C/C(c1ccccc1)c1ccccc1)[CH-]c1ccccc1.[Zn]. The molecule has 0 aliphatic carbocycles. The zero-order chi connectivity index (χ0) is 15.9. The molecule has 0 aliphatic rings. The van der Waals surface area contributed by atoms with Crippen LogP contribution >= 0.6 is 0 Å². The van der Waals surface area contributed by atoms with Crippen molar-refractivity contribution in [3.63, 3.8) is 0 Å². The average Bonchev–Trinajstić information content (AvgIpc) is 2.62. The average molecular weight is 363 g/mol. The van der Waals surface area contributed by atoms with Crippen LogP contribution in [-0.2, 0) is 19.5 Å². The minimum Gasteiger partial charge on any atom is -0.148 e. The fourth-order valence-corrected chi connectivity index (χ4v) is 2.83. The third-order valence-electron chi connectivity index (χ3n) is 3.94. The van der Waals surface area contributed by atoms with Crippen LogP contribution in [0.4, 0.5) is 0 Å². The van der Waals surface area contributed by atoms with Crippen LogP contribution in [0.3, 0.4) is 0 Å². The molecular weight excluding hydrogens is 342 g/mol. The predicted molar refractivity (Wildman–Crippen MR) is 98.3 cm³/mol. The molecule has 0 aromatic heterocycles. The van der Waals surface area contributed by atoms with Crippen molar-refractivity contribution in [3.05, 3.63) is 126 Å². The van der Waals surface area contributed by atoms with Crippen LogP contribution in [0.5, 0.6) is 0 Å². The Hall–Kier alpha value is -2.11. The molecular formula is C23H21Zn-. The molecule has 0 bridgehead atoms. The summed E-state index contributed by atoms with van der Waals surface area (Å²) in [5.74, 6) is 0.275. The fourth-order valence-electron chi connectivity index (χ4n) is 2.83. The molecule has 3 aromatic carbocycles. The number of rotatable bonds is 5. The van der Waals surface area contributed by atoms with E-state index in [0.717, 1.165) is 0 Å². The van der Waals surface area contributed by atoms with Crippen LogP contribution in [0.2, 0.25) is 0 Å². The monoisotopic (exact) mass is 361 g/mol. The van der Waals surface area contributed by atoms with E-state index in [2.05, 4.69) is 104 Å². The Kier molecular flexibility index (Phi) is 7.03. The van der Waals surface area contributed by atoms with Gasteiger partial charge in [0, 0.05) is 19.5 Å². The molecule has 0 nitrogen and oxygen atoms in total. The van der Waals surface area contributed by atoms with Crippen molar-refractivity contribution in [2.24, 2.45) is 0 Å². The van der Waals surface area contributed by atoms with Crippen molar-refractivity contribution in [1.29, 1.82) is 0 Å². The van der Waals surface area contributed by atoms with Crippen LogP contribution < -0.4 is 0 Å². The number of hydrogen-bond acceptors (Lipinski definition) is 0. The summed E-state index contributed by atoms with van der Waals surface area (Å²) in [7, 11) is 0. The Morgan fingerprint density at radius 1 is 0.708 bits per heavy atom. The van der Waals surface area contributed by atoms with Crippen molar-refractivity contribution in [2.75, 3.05) is 0 Å². The third kappa shape index (κ3) is 4.95. The molecule has 0 N–H and O–H groups in total. The Balaban J connectivity index is 0.00000208. The molecule has 1 heteroatoms. The van der Waals surface area contributed by atoms with Crippen LogP contribution in [0.15, 0.2) is 103 Å². The summed E-state index contributed by atoms with van der Waals surface area (Å²) in [6, 6.07) is 31.8. The fraction of sp³-hybridized carbons (Fsp3) is 0.0870. The van der Waals surface area contributed by atoms with Crippen molar-refractivity contribution in [3.8, 4) is 0 Å². The zero-order valence-electron chi connectivity index (χ0n) is 14.1. The first-order chi connectivity index (χ1) is 11.3. The summed E-state index contributed by atoms with van der Waals surface area (Å²) in [6.45, 7) is 2.17. The second-order valence-electron chi connectivity index (χ2n) is 5.76. The van der Waals surface area contributed by atoms with E-state index >= 15 is 0 Å². The maximum absolute atomic E-state index is 2.34. The largest absolute Gasteiger partial charge is 0.148 e. The van der Waals surface area contributed by atoms with Crippen molar-refractivity contribution in [2.45, 2.75) is 12.8 Å². The normalized spacial score (nSPS) is 11.0. The summed E-state index contributed by atoms with van der Waals surface area (Å²) >= 11 is 0. The van der Waals surface area contributed by atoms with Gasteiger partial charge in [-0.25, -0.2) is 0 Å². The van der Waals surface area contributed by atoms with Crippen molar-refractivity contribution >= 4 is 0 Å². The van der Waals surface area contributed by atoms with Gasteiger partial charge >= 0.3 is 0 Å². The van der Waals surface area contributed by atoms with E-state index in [1.807, 2.05) is 6.07 Å². The first-order valence-electron chi connectivity index (χ1n) is 8.01. The standard InChI is InChI=1S/C23H21.Zn/c1-19(17-20-11-5-2-6-12-20)18-23(21-13-7-3-8-14-21)22-15-9-4-10-16-22;/h2-18,23H,1H3;/q-1;/b19-18-;. The zero-order valence-corrected chi connectivity index (χ0v) is 17.1. The van der Waals surface area contributed by atoms with E-state index in [9.17, 15) is 0 Å².